The Kier molecular flexibility index (Phi) is 2.20. The van der Waals surface area contributed by atoms with Gasteiger partial charge in [-0.05, 0) is 12.1 Å². The highest BCUT2D eigenvalue weighted by Gasteiger charge is 2.06. The number of hydrogen-bond acceptors (Lipinski definition) is 2. The third-order valence-corrected chi connectivity index (χ3v) is 1.92. The van der Waals surface area contributed by atoms with Crippen molar-refractivity contribution < 1.29 is 0 Å². The Bertz CT molecular complexity index is 471. The molecule has 66 valence electrons. The number of diazo groups is 1. The first kappa shape index (κ1) is 8.39. The molecule has 1 heterocycles. The summed E-state index contributed by atoms with van der Waals surface area (Å²) in [6.07, 6.45) is 1.73. The molecule has 0 fully saturated rings. The first-order chi connectivity index (χ1) is 6.90. The lowest BCUT2D eigenvalue weighted by Crippen LogP contribution is -1.80. The predicted octanol–water partition coefficient (Wildman–Crippen LogP) is 3.23. The lowest BCUT2D eigenvalue weighted by Gasteiger charge is -1.96. The first-order valence-electron chi connectivity index (χ1n) is 4.27. The lowest BCUT2D eigenvalue weighted by molar-refractivity contribution is 1.33. The Morgan fingerprint density at radius 1 is 1.07 bits per heavy atom. The van der Waals surface area contributed by atoms with Gasteiger partial charge in [0.2, 0.25) is 5.39 Å². The standard InChI is InChI=1S/C11H8N3/c12-14-10-5-3-4-9(8-10)11-6-1-2-7-13-11/h1-8H/q+1. The number of aromatic nitrogens is 1. The second-order valence-electron chi connectivity index (χ2n) is 2.87. The summed E-state index contributed by atoms with van der Waals surface area (Å²) in [6, 6.07) is 13.0. The van der Waals surface area contributed by atoms with Gasteiger partial charge >= 0.3 is 5.69 Å². The second kappa shape index (κ2) is 3.67. The third kappa shape index (κ3) is 1.59. The van der Waals surface area contributed by atoms with Crippen LogP contribution in [0, 0.1) is 5.39 Å². The summed E-state index contributed by atoms with van der Waals surface area (Å²) in [4.78, 5) is 7.33. The van der Waals surface area contributed by atoms with Crippen LogP contribution in [0.4, 0.5) is 5.69 Å². The highest BCUT2D eigenvalue weighted by atomic mass is 14.8. The monoisotopic (exact) mass is 182 g/mol. The molecule has 0 atom stereocenters. The largest absolute Gasteiger partial charge is 0.385 e. The molecular formula is C11H8N3+. The Morgan fingerprint density at radius 3 is 2.71 bits per heavy atom. The van der Waals surface area contributed by atoms with E-state index in [1.165, 1.54) is 0 Å². The Balaban J connectivity index is 2.49. The molecule has 0 saturated heterocycles. The highest BCUT2D eigenvalue weighted by molar-refractivity contribution is 5.64. The van der Waals surface area contributed by atoms with Crippen molar-refractivity contribution >= 4 is 5.69 Å². The summed E-state index contributed by atoms with van der Waals surface area (Å²) in [5.41, 5.74) is 2.35. The van der Waals surface area contributed by atoms with Crippen LogP contribution in [0.2, 0.25) is 0 Å². The molecule has 2 rings (SSSR count). The van der Waals surface area contributed by atoms with Crippen molar-refractivity contribution in [3.05, 3.63) is 53.6 Å². The van der Waals surface area contributed by atoms with Crippen LogP contribution in [0.15, 0.2) is 48.7 Å². The van der Waals surface area contributed by atoms with Crippen molar-refractivity contribution in [3.63, 3.8) is 0 Å². The van der Waals surface area contributed by atoms with Crippen molar-refractivity contribution in [2.24, 2.45) is 0 Å². The molecule has 0 saturated carbocycles. The summed E-state index contributed by atoms with van der Waals surface area (Å²) in [6.45, 7) is 0. The van der Waals surface area contributed by atoms with Gasteiger partial charge in [-0.3, -0.25) is 4.98 Å². The summed E-state index contributed by atoms with van der Waals surface area (Å²) in [7, 11) is 0. The van der Waals surface area contributed by atoms with E-state index in [9.17, 15) is 0 Å². The maximum atomic E-state index is 8.61. The fourth-order valence-electron chi connectivity index (χ4n) is 1.26. The Hall–Kier alpha value is -2.21. The normalized spacial score (nSPS) is 9.36. The van der Waals surface area contributed by atoms with Crippen LogP contribution in [0.5, 0.6) is 0 Å². The van der Waals surface area contributed by atoms with Crippen molar-refractivity contribution in [1.29, 1.82) is 5.39 Å². The Morgan fingerprint density at radius 2 is 2.00 bits per heavy atom. The van der Waals surface area contributed by atoms with E-state index >= 15 is 0 Å². The van der Waals surface area contributed by atoms with Crippen LogP contribution >= 0.6 is 0 Å². The SMILES string of the molecule is N#[N+]c1cccc(-c2ccccn2)c1. The maximum Gasteiger partial charge on any atom is 0.385 e. The quantitative estimate of drug-likeness (QED) is 0.635. The molecule has 1 aromatic heterocycles. The molecule has 14 heavy (non-hydrogen) atoms. The molecule has 0 radical (unpaired) electrons. The molecule has 2 aromatic rings. The highest BCUT2D eigenvalue weighted by Crippen LogP contribution is 2.21. The van der Waals surface area contributed by atoms with Crippen molar-refractivity contribution in [3.8, 4) is 11.3 Å². The predicted molar refractivity (Wildman–Crippen MR) is 54.4 cm³/mol. The van der Waals surface area contributed by atoms with E-state index in [0.29, 0.717) is 5.69 Å². The van der Waals surface area contributed by atoms with E-state index in [0.717, 1.165) is 11.3 Å². The fourth-order valence-corrected chi connectivity index (χ4v) is 1.26. The van der Waals surface area contributed by atoms with E-state index in [1.807, 2.05) is 30.3 Å². The second-order valence-corrected chi connectivity index (χ2v) is 2.87. The van der Waals surface area contributed by atoms with E-state index in [4.69, 9.17) is 5.39 Å². The third-order valence-electron chi connectivity index (χ3n) is 1.92. The van der Waals surface area contributed by atoms with E-state index in [2.05, 4.69) is 9.96 Å². The minimum atomic E-state index is 0.535. The van der Waals surface area contributed by atoms with Crippen molar-refractivity contribution in [1.82, 2.24) is 4.98 Å². The molecule has 0 bridgehead atoms. The number of benzene rings is 1. The smallest absolute Gasteiger partial charge is 0.256 e. The van der Waals surface area contributed by atoms with Crippen LogP contribution in [-0.4, -0.2) is 4.98 Å². The van der Waals surface area contributed by atoms with Crippen LogP contribution in [0.1, 0.15) is 0 Å². The van der Waals surface area contributed by atoms with Gasteiger partial charge in [-0.2, -0.15) is 0 Å². The zero-order chi connectivity index (χ0) is 9.80. The van der Waals surface area contributed by atoms with Gasteiger partial charge in [0, 0.05) is 23.9 Å². The van der Waals surface area contributed by atoms with E-state index < -0.39 is 0 Å². The van der Waals surface area contributed by atoms with Crippen molar-refractivity contribution in [2.45, 2.75) is 0 Å². The van der Waals surface area contributed by atoms with Gasteiger partial charge in [-0.25, -0.2) is 0 Å². The van der Waals surface area contributed by atoms with E-state index in [1.54, 1.807) is 18.3 Å². The maximum absolute atomic E-state index is 8.61. The van der Waals surface area contributed by atoms with Crippen molar-refractivity contribution in [2.75, 3.05) is 0 Å². The summed E-state index contributed by atoms with van der Waals surface area (Å²) in [5, 5.41) is 8.61. The van der Waals surface area contributed by atoms with Crippen LogP contribution in [0.25, 0.3) is 16.2 Å². The van der Waals surface area contributed by atoms with Gasteiger partial charge in [0.1, 0.15) is 0 Å². The molecule has 0 unspecified atom stereocenters. The molecule has 0 aliphatic heterocycles. The van der Waals surface area contributed by atoms with Gasteiger partial charge in [0.15, 0.2) is 4.98 Å². The summed E-state index contributed by atoms with van der Waals surface area (Å²) < 4.78 is 0. The van der Waals surface area contributed by atoms with Gasteiger partial charge in [0.25, 0.3) is 0 Å². The zero-order valence-electron chi connectivity index (χ0n) is 7.46. The van der Waals surface area contributed by atoms with Gasteiger partial charge < -0.3 is 0 Å². The van der Waals surface area contributed by atoms with E-state index in [-0.39, 0.29) is 0 Å². The van der Waals surface area contributed by atoms with Crippen LogP contribution in [0.3, 0.4) is 0 Å². The summed E-state index contributed by atoms with van der Waals surface area (Å²) >= 11 is 0. The molecule has 3 heteroatoms. The molecule has 0 aliphatic rings. The van der Waals surface area contributed by atoms with Gasteiger partial charge in [-0.1, -0.05) is 18.2 Å². The number of pyridine rings is 1. The van der Waals surface area contributed by atoms with Crippen LogP contribution in [-0.2, 0) is 0 Å². The number of hydrogen-bond donors (Lipinski definition) is 0. The molecule has 1 aromatic carbocycles. The molecular weight excluding hydrogens is 174 g/mol. The molecule has 0 amide bonds. The topological polar surface area (TPSA) is 41.0 Å². The number of rotatable bonds is 1. The fraction of sp³-hybridized carbons (Fsp3) is 0. The van der Waals surface area contributed by atoms with Gasteiger partial charge in [0.05, 0.1) is 5.69 Å². The molecule has 0 N–H and O–H groups in total. The van der Waals surface area contributed by atoms with Crippen LogP contribution < -0.4 is 0 Å². The lowest BCUT2D eigenvalue weighted by atomic mass is 10.1. The van der Waals surface area contributed by atoms with Gasteiger partial charge in [-0.15, -0.1) is 0 Å². The molecule has 3 nitrogen and oxygen atoms in total. The number of nitrogens with zero attached hydrogens (tertiary/aromatic N) is 3. The summed E-state index contributed by atoms with van der Waals surface area (Å²) in [5.74, 6) is 0. The minimum absolute atomic E-state index is 0.535. The average molecular weight is 182 g/mol. The molecule has 0 aliphatic carbocycles. The molecule has 0 spiro atoms. The zero-order valence-corrected chi connectivity index (χ0v) is 7.46. The minimum Gasteiger partial charge on any atom is -0.256 e. The first-order valence-corrected chi connectivity index (χ1v) is 4.27. The Labute approximate surface area is 81.7 Å². The average Bonchev–Trinajstić information content (AvgIpc) is 2.30.